The Bertz CT molecular complexity index is 1160. The third-order valence-electron chi connectivity index (χ3n) is 6.50. The number of benzene rings is 1. The van der Waals surface area contributed by atoms with Crippen LogP contribution in [0.3, 0.4) is 0 Å². The molecule has 3 heterocycles. The van der Waals surface area contributed by atoms with Crippen molar-refractivity contribution >= 4 is 28.7 Å². The first-order valence-electron chi connectivity index (χ1n) is 11.1. The van der Waals surface area contributed by atoms with Gasteiger partial charge in [0.05, 0.1) is 12.4 Å². The van der Waals surface area contributed by atoms with E-state index in [1.165, 1.54) is 0 Å². The van der Waals surface area contributed by atoms with Gasteiger partial charge in [-0.3, -0.25) is 9.59 Å². The van der Waals surface area contributed by atoms with Gasteiger partial charge in [0, 0.05) is 37.1 Å². The fourth-order valence-electron chi connectivity index (χ4n) is 4.82. The summed E-state index contributed by atoms with van der Waals surface area (Å²) in [4.78, 5) is 43.1. The molecule has 2 atom stereocenters. The number of ether oxygens (including phenoxy) is 1. The van der Waals surface area contributed by atoms with Crippen molar-refractivity contribution in [3.05, 3.63) is 42.0 Å². The Morgan fingerprint density at radius 1 is 1.28 bits per heavy atom. The molecule has 0 bridgehead atoms. The minimum Gasteiger partial charge on any atom is -0.491 e. The Morgan fingerprint density at radius 2 is 2.19 bits per heavy atom. The maximum atomic E-state index is 12.9. The lowest BCUT2D eigenvalue weighted by molar-refractivity contribution is -0.121. The monoisotopic (exact) mass is 434 g/mol. The number of aromatic amines is 1. The SMILES string of the molecule is CNC(=O)CC1CCc2c(OCC3CCCN3c3ncnc4[nH]cnc34)cccc2C1=O. The van der Waals surface area contributed by atoms with E-state index in [1.54, 1.807) is 19.7 Å². The number of rotatable bonds is 6. The van der Waals surface area contributed by atoms with Crippen molar-refractivity contribution in [1.82, 2.24) is 25.3 Å². The number of carbonyl (C=O) groups excluding carboxylic acids is 2. The lowest BCUT2D eigenvalue weighted by Crippen LogP contribution is -2.35. The lowest BCUT2D eigenvalue weighted by atomic mass is 9.80. The van der Waals surface area contributed by atoms with E-state index in [4.69, 9.17) is 4.74 Å². The van der Waals surface area contributed by atoms with Crippen LogP contribution in [0.4, 0.5) is 5.82 Å². The largest absolute Gasteiger partial charge is 0.491 e. The zero-order chi connectivity index (χ0) is 22.1. The van der Waals surface area contributed by atoms with Crippen LogP contribution in [0.1, 0.15) is 41.6 Å². The minimum absolute atomic E-state index is 0.0321. The second kappa shape index (κ2) is 8.57. The molecule has 166 valence electrons. The van der Waals surface area contributed by atoms with Crippen molar-refractivity contribution in [3.63, 3.8) is 0 Å². The first-order valence-corrected chi connectivity index (χ1v) is 11.1. The van der Waals surface area contributed by atoms with E-state index < -0.39 is 0 Å². The van der Waals surface area contributed by atoms with Gasteiger partial charge < -0.3 is 19.9 Å². The van der Waals surface area contributed by atoms with Gasteiger partial charge in [-0.15, -0.1) is 0 Å². The van der Waals surface area contributed by atoms with E-state index >= 15 is 0 Å². The second-order valence-electron chi connectivity index (χ2n) is 8.36. The fourth-order valence-corrected chi connectivity index (χ4v) is 4.82. The molecule has 2 aromatic heterocycles. The third-order valence-corrected chi connectivity index (χ3v) is 6.50. The quantitative estimate of drug-likeness (QED) is 0.612. The van der Waals surface area contributed by atoms with Crippen LogP contribution in [0, 0.1) is 5.92 Å². The van der Waals surface area contributed by atoms with Gasteiger partial charge in [0.15, 0.2) is 17.2 Å². The molecule has 2 N–H and O–H groups in total. The summed E-state index contributed by atoms with van der Waals surface area (Å²) >= 11 is 0. The molecule has 1 aliphatic carbocycles. The number of hydrogen-bond acceptors (Lipinski definition) is 7. The molecule has 0 spiro atoms. The normalized spacial score (nSPS) is 20.4. The topological polar surface area (TPSA) is 113 Å². The zero-order valence-electron chi connectivity index (χ0n) is 18.0. The summed E-state index contributed by atoms with van der Waals surface area (Å²) < 4.78 is 6.27. The molecule has 1 aromatic carbocycles. The summed E-state index contributed by atoms with van der Waals surface area (Å²) in [7, 11) is 1.60. The van der Waals surface area contributed by atoms with Crippen molar-refractivity contribution in [2.24, 2.45) is 5.92 Å². The van der Waals surface area contributed by atoms with Crippen molar-refractivity contribution in [2.75, 3.05) is 25.1 Å². The number of fused-ring (bicyclic) bond motifs is 2. The Morgan fingerprint density at radius 3 is 3.06 bits per heavy atom. The van der Waals surface area contributed by atoms with E-state index in [9.17, 15) is 9.59 Å². The molecule has 1 fully saturated rings. The van der Waals surface area contributed by atoms with Crippen LogP contribution in [0.5, 0.6) is 5.75 Å². The highest BCUT2D eigenvalue weighted by atomic mass is 16.5. The number of imidazole rings is 1. The summed E-state index contributed by atoms with van der Waals surface area (Å²) in [5, 5.41) is 2.61. The number of carbonyl (C=O) groups is 2. The summed E-state index contributed by atoms with van der Waals surface area (Å²) in [6, 6.07) is 5.80. The van der Waals surface area contributed by atoms with E-state index in [0.29, 0.717) is 18.6 Å². The molecule has 0 saturated carbocycles. The van der Waals surface area contributed by atoms with Gasteiger partial charge in [-0.25, -0.2) is 15.0 Å². The Balaban J connectivity index is 1.32. The number of amides is 1. The van der Waals surface area contributed by atoms with Crippen molar-refractivity contribution in [3.8, 4) is 5.75 Å². The number of anilines is 1. The Hall–Kier alpha value is -3.49. The Labute approximate surface area is 185 Å². The number of nitrogens with zero attached hydrogens (tertiary/aromatic N) is 4. The summed E-state index contributed by atoms with van der Waals surface area (Å²) in [6.45, 7) is 1.39. The molecule has 1 amide bonds. The van der Waals surface area contributed by atoms with Crippen LogP contribution < -0.4 is 15.0 Å². The van der Waals surface area contributed by atoms with Crippen LogP contribution >= 0.6 is 0 Å². The van der Waals surface area contributed by atoms with Crippen LogP contribution in [-0.2, 0) is 11.2 Å². The highest BCUT2D eigenvalue weighted by molar-refractivity contribution is 6.02. The van der Waals surface area contributed by atoms with Crippen molar-refractivity contribution in [2.45, 2.75) is 38.1 Å². The molecule has 2 aliphatic rings. The van der Waals surface area contributed by atoms with Crippen molar-refractivity contribution < 1.29 is 14.3 Å². The predicted octanol–water partition coefficient (Wildman–Crippen LogP) is 2.28. The molecule has 9 nitrogen and oxygen atoms in total. The van der Waals surface area contributed by atoms with Gasteiger partial charge in [0.1, 0.15) is 24.2 Å². The number of H-pyrrole nitrogens is 1. The molecule has 3 aromatic rings. The number of aromatic nitrogens is 4. The van der Waals surface area contributed by atoms with Crippen LogP contribution in [-0.4, -0.2) is 57.9 Å². The molecule has 32 heavy (non-hydrogen) atoms. The molecule has 2 unspecified atom stereocenters. The lowest BCUT2D eigenvalue weighted by Gasteiger charge is -2.28. The molecule has 9 heteroatoms. The molecule has 1 saturated heterocycles. The molecule has 0 radical (unpaired) electrons. The first kappa shape index (κ1) is 20.4. The highest BCUT2D eigenvalue weighted by Gasteiger charge is 2.32. The third kappa shape index (κ3) is 3.68. The van der Waals surface area contributed by atoms with Crippen LogP contribution in [0.15, 0.2) is 30.9 Å². The Kier molecular flexibility index (Phi) is 5.46. The molecular weight excluding hydrogens is 408 g/mol. The summed E-state index contributed by atoms with van der Waals surface area (Å²) in [5.74, 6) is 1.25. The smallest absolute Gasteiger partial charge is 0.220 e. The average Bonchev–Trinajstić information content (AvgIpc) is 3.48. The van der Waals surface area contributed by atoms with Crippen LogP contribution in [0.25, 0.3) is 11.2 Å². The number of Topliss-reactive ketones (excluding diaryl/α,β-unsaturated/α-hetero) is 1. The van der Waals surface area contributed by atoms with E-state index in [1.807, 2.05) is 18.2 Å². The van der Waals surface area contributed by atoms with E-state index in [0.717, 1.165) is 54.1 Å². The molecule has 1 aliphatic heterocycles. The summed E-state index contributed by atoms with van der Waals surface area (Å²) in [6.07, 6.45) is 6.86. The number of hydrogen-bond donors (Lipinski definition) is 2. The molecule has 5 rings (SSSR count). The van der Waals surface area contributed by atoms with Gasteiger partial charge in [0.2, 0.25) is 5.91 Å². The van der Waals surface area contributed by atoms with Gasteiger partial charge in [0.25, 0.3) is 0 Å². The van der Waals surface area contributed by atoms with E-state index in [-0.39, 0.29) is 30.1 Å². The number of nitrogens with one attached hydrogen (secondary N) is 2. The minimum atomic E-state index is -0.267. The van der Waals surface area contributed by atoms with Gasteiger partial charge in [-0.1, -0.05) is 12.1 Å². The van der Waals surface area contributed by atoms with Gasteiger partial charge in [-0.05, 0) is 31.7 Å². The highest BCUT2D eigenvalue weighted by Crippen LogP contribution is 2.34. The van der Waals surface area contributed by atoms with Crippen molar-refractivity contribution in [1.29, 1.82) is 0 Å². The maximum Gasteiger partial charge on any atom is 0.220 e. The van der Waals surface area contributed by atoms with E-state index in [2.05, 4.69) is 30.2 Å². The predicted molar refractivity (Wildman–Crippen MR) is 119 cm³/mol. The fraction of sp³-hybridized carbons (Fsp3) is 0.435. The number of ketones is 1. The van der Waals surface area contributed by atoms with Gasteiger partial charge in [-0.2, -0.15) is 0 Å². The van der Waals surface area contributed by atoms with Crippen LogP contribution in [0.2, 0.25) is 0 Å². The average molecular weight is 435 g/mol. The standard InChI is InChI=1S/C23H26N6O3/c1-24-19(30)10-14-7-8-16-17(21(14)31)5-2-6-18(16)32-11-15-4-3-9-29(15)23-20-22(26-12-25-20)27-13-28-23/h2,5-6,12-15H,3-4,7-11H2,1H3,(H,24,30)(H,25,26,27,28). The molecular formula is C23H26N6O3. The zero-order valence-corrected chi connectivity index (χ0v) is 18.0. The van der Waals surface area contributed by atoms with Gasteiger partial charge >= 0.3 is 0 Å². The maximum absolute atomic E-state index is 12.9. The first-order chi connectivity index (χ1) is 15.7. The second-order valence-corrected chi connectivity index (χ2v) is 8.36. The summed E-state index contributed by atoms with van der Waals surface area (Å²) in [5.41, 5.74) is 3.12.